The minimum absolute atomic E-state index is 0.560. The number of nitrogens with zero attached hydrogens (tertiary/aromatic N) is 1. The number of para-hydroxylation sites is 1. The fraction of sp³-hybridized carbons (Fsp3) is 0.538. The summed E-state index contributed by atoms with van der Waals surface area (Å²) in [6.45, 7) is 8.87. The molecule has 0 amide bonds. The van der Waals surface area contributed by atoms with E-state index in [0.29, 0.717) is 6.04 Å². The van der Waals surface area contributed by atoms with Gasteiger partial charge in [0.25, 0.3) is 0 Å². The van der Waals surface area contributed by atoms with E-state index in [1.54, 1.807) is 0 Å². The Kier molecular flexibility index (Phi) is 4.63. The number of likely N-dealkylation sites (N-methyl/N-ethyl adjacent to an activating group) is 1. The third kappa shape index (κ3) is 3.24. The van der Waals surface area contributed by atoms with Crippen LogP contribution in [0.5, 0.6) is 0 Å². The smallest absolute Gasteiger partial charge is 0.0347 e. The number of benzene rings is 1. The predicted octanol–water partition coefficient (Wildman–Crippen LogP) is 2.54. The van der Waals surface area contributed by atoms with Crippen LogP contribution >= 0.6 is 0 Å². The maximum Gasteiger partial charge on any atom is 0.0347 e. The molecule has 2 nitrogen and oxygen atoms in total. The largest absolute Gasteiger partial charge is 0.399 e. The Morgan fingerprint density at radius 3 is 2.33 bits per heavy atom. The summed E-state index contributed by atoms with van der Waals surface area (Å²) in [5, 5.41) is 0. The molecule has 1 aromatic rings. The molecule has 0 saturated carbocycles. The van der Waals surface area contributed by atoms with Crippen molar-refractivity contribution in [2.24, 2.45) is 0 Å². The van der Waals surface area contributed by atoms with E-state index >= 15 is 0 Å². The number of rotatable bonds is 5. The third-order valence-electron chi connectivity index (χ3n) is 3.01. The molecule has 0 aliphatic rings. The molecule has 1 aromatic carbocycles. The summed E-state index contributed by atoms with van der Waals surface area (Å²) in [5.41, 5.74) is 8.11. The molecule has 0 aliphatic heterocycles. The van der Waals surface area contributed by atoms with Gasteiger partial charge >= 0.3 is 0 Å². The molecule has 0 radical (unpaired) electrons. The predicted molar refractivity (Wildman–Crippen MR) is 66.9 cm³/mol. The van der Waals surface area contributed by atoms with Gasteiger partial charge in [0.15, 0.2) is 0 Å². The number of anilines is 1. The molecule has 1 rings (SSSR count). The summed E-state index contributed by atoms with van der Waals surface area (Å²) in [4.78, 5) is 2.45. The van der Waals surface area contributed by atoms with Crippen LogP contribution in [0.1, 0.15) is 26.3 Å². The average Bonchev–Trinajstić information content (AvgIpc) is 2.23. The Bertz CT molecular complexity index is 292. The Balaban J connectivity index is 2.65. The molecule has 1 unspecified atom stereocenters. The van der Waals surface area contributed by atoms with E-state index in [1.165, 1.54) is 5.56 Å². The highest BCUT2D eigenvalue weighted by atomic mass is 15.1. The van der Waals surface area contributed by atoms with Gasteiger partial charge in [-0.3, -0.25) is 0 Å². The molecule has 0 aromatic heterocycles. The minimum atomic E-state index is 0.560. The lowest BCUT2D eigenvalue weighted by Gasteiger charge is -2.26. The van der Waals surface area contributed by atoms with E-state index in [1.807, 2.05) is 12.1 Å². The summed E-state index contributed by atoms with van der Waals surface area (Å²) < 4.78 is 0. The molecular formula is C13H22N2. The summed E-state index contributed by atoms with van der Waals surface area (Å²) in [6, 6.07) is 8.70. The monoisotopic (exact) mass is 206 g/mol. The van der Waals surface area contributed by atoms with Gasteiger partial charge in [-0.2, -0.15) is 0 Å². The van der Waals surface area contributed by atoms with Gasteiger partial charge in [0.2, 0.25) is 0 Å². The lowest BCUT2D eigenvalue weighted by molar-refractivity contribution is 0.230. The molecule has 2 N–H and O–H groups in total. The second-order valence-corrected chi connectivity index (χ2v) is 3.97. The number of nitrogens with two attached hydrogens (primary N) is 1. The summed E-state index contributed by atoms with van der Waals surface area (Å²) in [6.07, 6.45) is 1.04. The van der Waals surface area contributed by atoms with Crippen molar-refractivity contribution in [3.63, 3.8) is 0 Å². The minimum Gasteiger partial charge on any atom is -0.399 e. The molecule has 1 atom stereocenters. The van der Waals surface area contributed by atoms with Crippen LogP contribution in [0.2, 0.25) is 0 Å². The lowest BCUT2D eigenvalue weighted by Crippen LogP contribution is -2.34. The van der Waals surface area contributed by atoms with E-state index < -0.39 is 0 Å². The number of nitrogen functional groups attached to an aromatic ring is 1. The molecule has 0 spiro atoms. The van der Waals surface area contributed by atoms with Crippen LogP contribution in [0.3, 0.4) is 0 Å². The van der Waals surface area contributed by atoms with Crippen molar-refractivity contribution in [1.29, 1.82) is 0 Å². The fourth-order valence-electron chi connectivity index (χ4n) is 2.01. The first kappa shape index (κ1) is 12.1. The average molecular weight is 206 g/mol. The van der Waals surface area contributed by atoms with Gasteiger partial charge in [-0.15, -0.1) is 0 Å². The van der Waals surface area contributed by atoms with Crippen LogP contribution in [0.25, 0.3) is 0 Å². The molecule has 0 bridgehead atoms. The SMILES string of the molecule is CCN(CC)C(C)Cc1ccccc1N. The molecule has 15 heavy (non-hydrogen) atoms. The van der Waals surface area contributed by atoms with E-state index in [2.05, 4.69) is 37.8 Å². The van der Waals surface area contributed by atoms with Crippen molar-refractivity contribution >= 4 is 5.69 Å². The van der Waals surface area contributed by atoms with E-state index in [-0.39, 0.29) is 0 Å². The molecular weight excluding hydrogens is 184 g/mol. The maximum atomic E-state index is 5.93. The first-order valence-electron chi connectivity index (χ1n) is 5.76. The Labute approximate surface area is 93.1 Å². The summed E-state index contributed by atoms with van der Waals surface area (Å²) >= 11 is 0. The zero-order valence-corrected chi connectivity index (χ0v) is 10.0. The van der Waals surface area contributed by atoms with Crippen molar-refractivity contribution < 1.29 is 0 Å². The van der Waals surface area contributed by atoms with Gasteiger partial charge in [0.05, 0.1) is 0 Å². The lowest BCUT2D eigenvalue weighted by atomic mass is 10.0. The van der Waals surface area contributed by atoms with Crippen LogP contribution in [0.15, 0.2) is 24.3 Å². The molecule has 2 heteroatoms. The van der Waals surface area contributed by atoms with E-state index in [9.17, 15) is 0 Å². The second-order valence-electron chi connectivity index (χ2n) is 3.97. The van der Waals surface area contributed by atoms with Crippen molar-refractivity contribution in [2.75, 3.05) is 18.8 Å². The standard InChI is InChI=1S/C13H22N2/c1-4-15(5-2)11(3)10-12-8-6-7-9-13(12)14/h6-9,11H,4-5,10,14H2,1-3H3. The molecule has 0 aliphatic carbocycles. The third-order valence-corrected chi connectivity index (χ3v) is 3.01. The van der Waals surface area contributed by atoms with Crippen molar-refractivity contribution in [3.8, 4) is 0 Å². The zero-order chi connectivity index (χ0) is 11.3. The summed E-state index contributed by atoms with van der Waals surface area (Å²) in [7, 11) is 0. The van der Waals surface area contributed by atoms with Gasteiger partial charge in [0.1, 0.15) is 0 Å². The zero-order valence-electron chi connectivity index (χ0n) is 10.0. The highest BCUT2D eigenvalue weighted by Crippen LogP contribution is 2.15. The van der Waals surface area contributed by atoms with Crippen LogP contribution in [0, 0.1) is 0 Å². The van der Waals surface area contributed by atoms with Crippen molar-refractivity contribution in [1.82, 2.24) is 4.90 Å². The van der Waals surface area contributed by atoms with Crippen molar-refractivity contribution in [3.05, 3.63) is 29.8 Å². The number of hydrogen-bond donors (Lipinski definition) is 1. The highest BCUT2D eigenvalue weighted by molar-refractivity contribution is 5.46. The molecule has 0 fully saturated rings. The number of hydrogen-bond acceptors (Lipinski definition) is 2. The van der Waals surface area contributed by atoms with Crippen LogP contribution in [-0.2, 0) is 6.42 Å². The topological polar surface area (TPSA) is 29.3 Å². The fourth-order valence-corrected chi connectivity index (χ4v) is 2.01. The van der Waals surface area contributed by atoms with E-state index in [0.717, 1.165) is 25.2 Å². The second kappa shape index (κ2) is 5.76. The van der Waals surface area contributed by atoms with Crippen LogP contribution in [0.4, 0.5) is 5.69 Å². The van der Waals surface area contributed by atoms with Gasteiger partial charge < -0.3 is 10.6 Å². The normalized spacial score (nSPS) is 13.1. The van der Waals surface area contributed by atoms with E-state index in [4.69, 9.17) is 5.73 Å². The Morgan fingerprint density at radius 1 is 1.20 bits per heavy atom. The maximum absolute atomic E-state index is 5.93. The first-order valence-corrected chi connectivity index (χ1v) is 5.76. The van der Waals surface area contributed by atoms with Crippen molar-refractivity contribution in [2.45, 2.75) is 33.2 Å². The van der Waals surface area contributed by atoms with Gasteiger partial charge in [-0.05, 0) is 38.1 Å². The van der Waals surface area contributed by atoms with Crippen LogP contribution < -0.4 is 5.73 Å². The van der Waals surface area contributed by atoms with Gasteiger partial charge in [0, 0.05) is 11.7 Å². The van der Waals surface area contributed by atoms with Gasteiger partial charge in [-0.25, -0.2) is 0 Å². The summed E-state index contributed by atoms with van der Waals surface area (Å²) in [5.74, 6) is 0. The van der Waals surface area contributed by atoms with Crippen LogP contribution in [-0.4, -0.2) is 24.0 Å². The molecule has 0 saturated heterocycles. The Hall–Kier alpha value is -1.02. The van der Waals surface area contributed by atoms with Gasteiger partial charge in [-0.1, -0.05) is 32.0 Å². The highest BCUT2D eigenvalue weighted by Gasteiger charge is 2.11. The molecule has 84 valence electrons. The quantitative estimate of drug-likeness (QED) is 0.750. The Morgan fingerprint density at radius 2 is 1.80 bits per heavy atom. The first-order chi connectivity index (χ1) is 7.19. The molecule has 0 heterocycles.